The van der Waals surface area contributed by atoms with Gasteiger partial charge < -0.3 is 14.4 Å². The number of para-hydroxylation sites is 1. The Kier molecular flexibility index (Phi) is 8.96. The highest BCUT2D eigenvalue weighted by molar-refractivity contribution is 5.94. The smallest absolute Gasteiger partial charge is 0.344 e. The molecular weight excluding hydrogens is 440 g/mol. The number of ether oxygens (including phenoxy) is 1. The summed E-state index contributed by atoms with van der Waals surface area (Å²) < 4.78 is 7.61. The van der Waals surface area contributed by atoms with Crippen LogP contribution < -0.4 is 5.56 Å². The highest BCUT2D eigenvalue weighted by atomic mass is 35.5. The molecule has 2 unspecified atom stereocenters. The third kappa shape index (κ3) is 5.61. The fourth-order valence-electron chi connectivity index (χ4n) is 5.60. The van der Waals surface area contributed by atoms with E-state index in [2.05, 4.69) is 4.90 Å². The predicted molar refractivity (Wildman–Crippen MR) is 133 cm³/mol. The van der Waals surface area contributed by atoms with Crippen LogP contribution >= 0.6 is 12.4 Å². The Balaban J connectivity index is 0.00000306. The first kappa shape index (κ1) is 25.7. The lowest BCUT2D eigenvalue weighted by Crippen LogP contribution is -2.46. The Bertz CT molecular complexity index is 991. The minimum absolute atomic E-state index is 0. The van der Waals surface area contributed by atoms with Crippen molar-refractivity contribution in [2.45, 2.75) is 89.4 Å². The minimum atomic E-state index is -0.489. The van der Waals surface area contributed by atoms with Crippen LogP contribution in [0.15, 0.2) is 35.1 Å². The van der Waals surface area contributed by atoms with Crippen molar-refractivity contribution < 1.29 is 14.6 Å². The van der Waals surface area contributed by atoms with E-state index in [1.165, 1.54) is 0 Å². The maximum Gasteiger partial charge on any atom is 0.344 e. The molecule has 1 aromatic heterocycles. The quantitative estimate of drug-likeness (QED) is 0.419. The monoisotopic (exact) mass is 476 g/mol. The van der Waals surface area contributed by atoms with Crippen molar-refractivity contribution in [3.05, 3.63) is 46.2 Å². The largest absolute Gasteiger partial charge is 0.459 e. The number of benzene rings is 1. The van der Waals surface area contributed by atoms with Crippen molar-refractivity contribution in [1.82, 2.24) is 9.47 Å². The SMILES string of the molecule is CC(C)n1c(=O)c(C(=O)OC2CC3CCC(C2)N3CCCCCCO)cc2ccccc21.Cl. The molecule has 2 atom stereocenters. The molecule has 0 radical (unpaired) electrons. The van der Waals surface area contributed by atoms with Gasteiger partial charge in [0.05, 0.1) is 5.52 Å². The Morgan fingerprint density at radius 1 is 1.09 bits per heavy atom. The molecule has 2 aliphatic heterocycles. The van der Waals surface area contributed by atoms with E-state index >= 15 is 0 Å². The molecule has 4 rings (SSSR count). The van der Waals surface area contributed by atoms with Crippen molar-refractivity contribution in [2.75, 3.05) is 13.2 Å². The number of piperidine rings is 1. The zero-order valence-electron chi connectivity index (χ0n) is 19.7. The highest BCUT2D eigenvalue weighted by Crippen LogP contribution is 2.37. The van der Waals surface area contributed by atoms with Crippen LogP contribution in [0.4, 0.5) is 0 Å². The van der Waals surface area contributed by atoms with Gasteiger partial charge in [-0.2, -0.15) is 0 Å². The lowest BCUT2D eigenvalue weighted by molar-refractivity contribution is -0.00652. The van der Waals surface area contributed by atoms with Gasteiger partial charge in [0.25, 0.3) is 5.56 Å². The van der Waals surface area contributed by atoms with Gasteiger partial charge in [-0.25, -0.2) is 4.79 Å². The van der Waals surface area contributed by atoms with Gasteiger partial charge in [0, 0.05) is 37.6 Å². The van der Waals surface area contributed by atoms with E-state index < -0.39 is 5.97 Å². The number of fused-ring (bicyclic) bond motifs is 3. The second-order valence-electron chi connectivity index (χ2n) is 9.65. The van der Waals surface area contributed by atoms with Crippen LogP contribution in [0.1, 0.15) is 81.6 Å². The summed E-state index contributed by atoms with van der Waals surface area (Å²) in [5.41, 5.74) is 0.706. The Morgan fingerprint density at radius 2 is 1.76 bits per heavy atom. The summed E-state index contributed by atoms with van der Waals surface area (Å²) in [6.07, 6.45) is 8.18. The Morgan fingerprint density at radius 3 is 2.42 bits per heavy atom. The van der Waals surface area contributed by atoms with E-state index in [-0.39, 0.29) is 42.3 Å². The van der Waals surface area contributed by atoms with Gasteiger partial charge in [-0.15, -0.1) is 12.4 Å². The third-order valence-electron chi connectivity index (χ3n) is 7.12. The first-order valence-corrected chi connectivity index (χ1v) is 12.2. The van der Waals surface area contributed by atoms with Crippen molar-refractivity contribution in [3.8, 4) is 0 Å². The molecule has 1 N–H and O–H groups in total. The standard InChI is InChI=1S/C26H36N2O4.ClH/c1-18(2)28-24-10-6-5-9-19(24)15-23(25(28)30)26(31)32-22-16-20-11-12-21(17-22)27(20)13-7-3-4-8-14-29;/h5-6,9-10,15,18,20-22,29H,3-4,7-8,11-14,16-17H2,1-2H3;1H. The number of halogens is 1. The van der Waals surface area contributed by atoms with Gasteiger partial charge in [0.1, 0.15) is 11.7 Å². The first-order chi connectivity index (χ1) is 15.5. The van der Waals surface area contributed by atoms with Crippen LogP contribution in [-0.4, -0.2) is 51.9 Å². The molecule has 2 bridgehead atoms. The number of hydrogen-bond acceptors (Lipinski definition) is 5. The number of pyridine rings is 1. The first-order valence-electron chi connectivity index (χ1n) is 12.2. The molecule has 0 amide bonds. The molecular formula is C26H37ClN2O4. The number of carbonyl (C=O) groups excluding carboxylic acids is 1. The van der Waals surface area contributed by atoms with E-state index in [1.807, 2.05) is 38.1 Å². The molecule has 2 fully saturated rings. The lowest BCUT2D eigenvalue weighted by atomic mass is 9.99. The average Bonchev–Trinajstić information content (AvgIpc) is 3.00. The summed E-state index contributed by atoms with van der Waals surface area (Å²) in [6.45, 7) is 5.28. The molecule has 0 spiro atoms. The number of carbonyl (C=O) groups is 1. The Labute approximate surface area is 202 Å². The third-order valence-corrected chi connectivity index (χ3v) is 7.12. The maximum absolute atomic E-state index is 13.1. The van der Waals surface area contributed by atoms with Gasteiger partial charge in [-0.1, -0.05) is 31.0 Å². The highest BCUT2D eigenvalue weighted by Gasteiger charge is 2.41. The number of aliphatic hydroxyl groups excluding tert-OH is 1. The number of aliphatic hydroxyl groups is 1. The minimum Gasteiger partial charge on any atom is -0.459 e. The predicted octanol–water partition coefficient (Wildman–Crippen LogP) is 4.71. The Hall–Kier alpha value is -1.89. The zero-order valence-corrected chi connectivity index (χ0v) is 20.6. The number of rotatable bonds is 9. The summed E-state index contributed by atoms with van der Waals surface area (Å²) >= 11 is 0. The zero-order chi connectivity index (χ0) is 22.7. The molecule has 2 saturated heterocycles. The van der Waals surface area contributed by atoms with Crippen LogP contribution in [0.25, 0.3) is 10.9 Å². The molecule has 0 saturated carbocycles. The lowest BCUT2D eigenvalue weighted by Gasteiger charge is -2.38. The van der Waals surface area contributed by atoms with E-state index in [0.29, 0.717) is 12.1 Å². The second kappa shape index (κ2) is 11.5. The second-order valence-corrected chi connectivity index (χ2v) is 9.65. The van der Waals surface area contributed by atoms with Crippen molar-refractivity contribution in [2.24, 2.45) is 0 Å². The van der Waals surface area contributed by atoms with E-state index in [0.717, 1.165) is 68.8 Å². The molecule has 1 aromatic carbocycles. The van der Waals surface area contributed by atoms with E-state index in [9.17, 15) is 9.59 Å². The van der Waals surface area contributed by atoms with Gasteiger partial charge in [-0.3, -0.25) is 9.69 Å². The van der Waals surface area contributed by atoms with Gasteiger partial charge in [-0.05, 0) is 63.6 Å². The van der Waals surface area contributed by atoms with Crippen molar-refractivity contribution >= 4 is 29.3 Å². The maximum atomic E-state index is 13.1. The number of hydrogen-bond donors (Lipinski definition) is 1. The molecule has 33 heavy (non-hydrogen) atoms. The molecule has 2 aliphatic rings. The number of nitrogens with zero attached hydrogens (tertiary/aromatic N) is 2. The van der Waals surface area contributed by atoms with E-state index in [4.69, 9.17) is 9.84 Å². The summed E-state index contributed by atoms with van der Waals surface area (Å²) in [4.78, 5) is 28.8. The molecule has 7 heteroatoms. The van der Waals surface area contributed by atoms with Crippen molar-refractivity contribution in [1.29, 1.82) is 0 Å². The van der Waals surface area contributed by atoms with Crippen LogP contribution in [0.5, 0.6) is 0 Å². The van der Waals surface area contributed by atoms with Crippen LogP contribution in [-0.2, 0) is 4.74 Å². The summed E-state index contributed by atoms with van der Waals surface area (Å²) in [7, 11) is 0. The topological polar surface area (TPSA) is 71.8 Å². The van der Waals surface area contributed by atoms with Crippen LogP contribution in [0.3, 0.4) is 0 Å². The van der Waals surface area contributed by atoms with Gasteiger partial charge in [0.15, 0.2) is 0 Å². The normalized spacial score (nSPS) is 22.5. The molecule has 2 aromatic rings. The van der Waals surface area contributed by atoms with Gasteiger partial charge in [0.2, 0.25) is 0 Å². The fourth-order valence-corrected chi connectivity index (χ4v) is 5.60. The van der Waals surface area contributed by atoms with Gasteiger partial charge >= 0.3 is 5.97 Å². The van der Waals surface area contributed by atoms with Crippen molar-refractivity contribution in [3.63, 3.8) is 0 Å². The number of unbranched alkanes of at least 4 members (excludes halogenated alkanes) is 3. The molecule has 6 nitrogen and oxygen atoms in total. The number of esters is 1. The summed E-state index contributed by atoms with van der Waals surface area (Å²) in [5.74, 6) is -0.489. The fraction of sp³-hybridized carbons (Fsp3) is 0.615. The molecule has 182 valence electrons. The van der Waals surface area contributed by atoms with Crippen LogP contribution in [0, 0.1) is 0 Å². The average molecular weight is 477 g/mol. The number of aromatic nitrogens is 1. The van der Waals surface area contributed by atoms with Crippen LogP contribution in [0.2, 0.25) is 0 Å². The summed E-state index contributed by atoms with van der Waals surface area (Å²) in [5, 5.41) is 9.81. The van der Waals surface area contributed by atoms with E-state index in [1.54, 1.807) is 10.6 Å². The molecule has 0 aliphatic carbocycles. The molecule has 3 heterocycles. The summed E-state index contributed by atoms with van der Waals surface area (Å²) in [6, 6.07) is 10.3.